The molecule has 1 saturated heterocycles. The van der Waals surface area contributed by atoms with Gasteiger partial charge in [-0.3, -0.25) is 14.0 Å². The van der Waals surface area contributed by atoms with Crippen LogP contribution < -0.4 is 9.62 Å². The average molecular weight is 504 g/mol. The fourth-order valence-electron chi connectivity index (χ4n) is 3.82. The van der Waals surface area contributed by atoms with Crippen LogP contribution in [0.25, 0.3) is 11.4 Å². The standard InChI is InChI=1S/C23H26ClN5O4S/c1-28(34(2,31)32)20-8-4-7-19(14-20)25-23(30)16-9-11-29(12-10-16)15-21-26-22(27-33-21)17-5-3-6-18(24)13-17/h3-8,13-14,16H,9-12,15H2,1-2H3,(H,25,30). The maximum absolute atomic E-state index is 12.8. The molecule has 11 heteroatoms. The largest absolute Gasteiger partial charge is 0.338 e. The minimum absolute atomic E-state index is 0.0696. The number of anilines is 2. The zero-order valence-electron chi connectivity index (χ0n) is 18.9. The van der Waals surface area contributed by atoms with E-state index in [9.17, 15) is 13.2 Å². The average Bonchev–Trinajstić information content (AvgIpc) is 3.27. The molecular formula is C23H26ClN5O4S. The van der Waals surface area contributed by atoms with Crippen molar-refractivity contribution in [1.29, 1.82) is 0 Å². The number of carbonyl (C=O) groups excluding carboxylic acids is 1. The van der Waals surface area contributed by atoms with Crippen molar-refractivity contribution < 1.29 is 17.7 Å². The minimum Gasteiger partial charge on any atom is -0.338 e. The van der Waals surface area contributed by atoms with Crippen LogP contribution in [0, 0.1) is 5.92 Å². The molecule has 1 fully saturated rings. The van der Waals surface area contributed by atoms with Crippen molar-refractivity contribution in [3.05, 3.63) is 59.4 Å². The first kappa shape index (κ1) is 24.2. The SMILES string of the molecule is CN(c1cccc(NC(=O)C2CCN(Cc3nc(-c4cccc(Cl)c4)no3)CC2)c1)S(C)(=O)=O. The Morgan fingerprint density at radius 3 is 2.65 bits per heavy atom. The summed E-state index contributed by atoms with van der Waals surface area (Å²) in [5.74, 6) is 0.817. The summed E-state index contributed by atoms with van der Waals surface area (Å²) in [4.78, 5) is 19.4. The fourth-order valence-corrected chi connectivity index (χ4v) is 4.51. The van der Waals surface area contributed by atoms with Crippen LogP contribution in [-0.4, -0.2) is 55.8 Å². The lowest BCUT2D eigenvalue weighted by atomic mass is 9.96. The summed E-state index contributed by atoms with van der Waals surface area (Å²) in [5, 5.41) is 7.57. The van der Waals surface area contributed by atoms with E-state index in [4.69, 9.17) is 16.1 Å². The fraction of sp³-hybridized carbons (Fsp3) is 0.348. The monoisotopic (exact) mass is 503 g/mol. The summed E-state index contributed by atoms with van der Waals surface area (Å²) in [6.07, 6.45) is 2.53. The molecule has 1 aromatic heterocycles. The summed E-state index contributed by atoms with van der Waals surface area (Å²) in [6, 6.07) is 14.1. The molecular weight excluding hydrogens is 478 g/mol. The summed E-state index contributed by atoms with van der Waals surface area (Å²) in [5.41, 5.74) is 1.86. The van der Waals surface area contributed by atoms with Gasteiger partial charge in [-0.2, -0.15) is 4.98 Å². The Morgan fingerprint density at radius 1 is 1.21 bits per heavy atom. The number of hydrogen-bond donors (Lipinski definition) is 1. The van der Waals surface area contributed by atoms with Gasteiger partial charge in [0.25, 0.3) is 0 Å². The summed E-state index contributed by atoms with van der Waals surface area (Å²) in [7, 11) is -1.90. The molecule has 1 aliphatic rings. The van der Waals surface area contributed by atoms with Gasteiger partial charge in [-0.25, -0.2) is 8.42 Å². The molecule has 4 rings (SSSR count). The van der Waals surface area contributed by atoms with Crippen molar-refractivity contribution >= 4 is 38.9 Å². The van der Waals surface area contributed by atoms with Gasteiger partial charge in [0.15, 0.2) is 0 Å². The van der Waals surface area contributed by atoms with Crippen molar-refractivity contribution in [1.82, 2.24) is 15.0 Å². The van der Waals surface area contributed by atoms with Gasteiger partial charge in [0.1, 0.15) is 0 Å². The molecule has 0 spiro atoms. The number of rotatable bonds is 7. The first-order valence-electron chi connectivity index (χ1n) is 10.8. The molecule has 2 aromatic carbocycles. The first-order valence-corrected chi connectivity index (χ1v) is 13.1. The first-order chi connectivity index (χ1) is 16.2. The second kappa shape index (κ2) is 10.1. The van der Waals surface area contributed by atoms with Gasteiger partial charge in [-0.15, -0.1) is 0 Å². The molecule has 2 heterocycles. The van der Waals surface area contributed by atoms with Crippen LogP contribution in [0.3, 0.4) is 0 Å². The molecule has 0 bridgehead atoms. The third kappa shape index (κ3) is 5.94. The Bertz CT molecular complexity index is 1270. The Labute approximate surface area is 203 Å². The highest BCUT2D eigenvalue weighted by molar-refractivity contribution is 7.92. The Balaban J connectivity index is 1.30. The molecule has 0 radical (unpaired) electrons. The molecule has 3 aromatic rings. The second-order valence-corrected chi connectivity index (χ2v) is 10.8. The number of amides is 1. The second-order valence-electron chi connectivity index (χ2n) is 8.34. The van der Waals surface area contributed by atoms with Gasteiger partial charge < -0.3 is 9.84 Å². The van der Waals surface area contributed by atoms with Gasteiger partial charge in [0.05, 0.1) is 18.5 Å². The summed E-state index contributed by atoms with van der Waals surface area (Å²) < 4.78 is 30.1. The van der Waals surface area contributed by atoms with E-state index < -0.39 is 10.0 Å². The number of nitrogens with zero attached hydrogens (tertiary/aromatic N) is 4. The highest BCUT2D eigenvalue weighted by Gasteiger charge is 2.26. The van der Waals surface area contributed by atoms with Crippen molar-refractivity contribution in [3.8, 4) is 11.4 Å². The van der Waals surface area contributed by atoms with Gasteiger partial charge in [0, 0.05) is 29.2 Å². The summed E-state index contributed by atoms with van der Waals surface area (Å²) in [6.45, 7) is 1.97. The highest BCUT2D eigenvalue weighted by atomic mass is 35.5. The van der Waals surface area contributed by atoms with Crippen LogP contribution in [0.1, 0.15) is 18.7 Å². The molecule has 1 N–H and O–H groups in total. The van der Waals surface area contributed by atoms with Crippen molar-refractivity contribution in [2.75, 3.05) is 36.0 Å². The van der Waals surface area contributed by atoms with E-state index in [0.717, 1.165) is 24.9 Å². The highest BCUT2D eigenvalue weighted by Crippen LogP contribution is 2.25. The van der Waals surface area contributed by atoms with Gasteiger partial charge in [-0.1, -0.05) is 35.0 Å². The van der Waals surface area contributed by atoms with Crippen LogP contribution >= 0.6 is 11.6 Å². The van der Waals surface area contributed by atoms with E-state index in [2.05, 4.69) is 20.4 Å². The number of benzene rings is 2. The molecule has 0 aliphatic carbocycles. The number of carbonyl (C=O) groups is 1. The maximum Gasteiger partial charge on any atom is 0.241 e. The Hall–Kier alpha value is -2.95. The number of sulfonamides is 1. The third-order valence-electron chi connectivity index (χ3n) is 5.84. The van der Waals surface area contributed by atoms with Crippen LogP contribution in [-0.2, 0) is 21.4 Å². The number of hydrogen-bond acceptors (Lipinski definition) is 7. The van der Waals surface area contributed by atoms with E-state index in [1.807, 2.05) is 12.1 Å². The number of aromatic nitrogens is 2. The van der Waals surface area contributed by atoms with Crippen LogP contribution in [0.15, 0.2) is 53.1 Å². The van der Waals surface area contributed by atoms with Crippen molar-refractivity contribution in [2.45, 2.75) is 19.4 Å². The molecule has 0 saturated carbocycles. The lowest BCUT2D eigenvalue weighted by Gasteiger charge is -2.30. The topological polar surface area (TPSA) is 109 Å². The number of likely N-dealkylation sites (tertiary alicyclic amines) is 1. The van der Waals surface area contributed by atoms with Crippen LogP contribution in [0.4, 0.5) is 11.4 Å². The molecule has 180 valence electrons. The van der Waals surface area contributed by atoms with Crippen molar-refractivity contribution in [3.63, 3.8) is 0 Å². The van der Waals surface area contributed by atoms with E-state index in [1.165, 1.54) is 11.4 Å². The zero-order chi connectivity index (χ0) is 24.3. The number of piperidine rings is 1. The van der Waals surface area contributed by atoms with Gasteiger partial charge in [-0.05, 0) is 56.3 Å². The molecule has 1 aliphatic heterocycles. The van der Waals surface area contributed by atoms with Gasteiger partial charge in [0.2, 0.25) is 27.6 Å². The predicted octanol–water partition coefficient (Wildman–Crippen LogP) is 3.64. The zero-order valence-corrected chi connectivity index (χ0v) is 20.5. The molecule has 1 amide bonds. The van der Waals surface area contributed by atoms with E-state index in [-0.39, 0.29) is 11.8 Å². The lowest BCUT2D eigenvalue weighted by Crippen LogP contribution is -2.37. The smallest absolute Gasteiger partial charge is 0.241 e. The van der Waals surface area contributed by atoms with Crippen LogP contribution in [0.5, 0.6) is 0 Å². The summed E-state index contributed by atoms with van der Waals surface area (Å²) >= 11 is 6.03. The Kier molecular flexibility index (Phi) is 7.20. The molecule has 9 nitrogen and oxygen atoms in total. The van der Waals surface area contributed by atoms with E-state index in [0.29, 0.717) is 47.5 Å². The lowest BCUT2D eigenvalue weighted by molar-refractivity contribution is -0.121. The maximum atomic E-state index is 12.8. The van der Waals surface area contributed by atoms with Gasteiger partial charge >= 0.3 is 0 Å². The normalized spacial score (nSPS) is 15.3. The molecule has 0 unspecified atom stereocenters. The van der Waals surface area contributed by atoms with Crippen molar-refractivity contribution in [2.24, 2.45) is 5.92 Å². The van der Waals surface area contributed by atoms with E-state index in [1.54, 1.807) is 36.4 Å². The predicted molar refractivity (Wildman–Crippen MR) is 131 cm³/mol. The number of nitrogens with one attached hydrogen (secondary N) is 1. The Morgan fingerprint density at radius 2 is 1.94 bits per heavy atom. The van der Waals surface area contributed by atoms with E-state index >= 15 is 0 Å². The third-order valence-corrected chi connectivity index (χ3v) is 7.28. The minimum atomic E-state index is -3.38. The molecule has 34 heavy (non-hydrogen) atoms. The number of halogens is 1. The molecule has 0 atom stereocenters. The van der Waals surface area contributed by atoms with Crippen LogP contribution in [0.2, 0.25) is 5.02 Å². The quantitative estimate of drug-likeness (QED) is 0.524.